The molecule has 0 fully saturated rings. The Balaban J connectivity index is 2.13. The Bertz CT molecular complexity index is 392. The Morgan fingerprint density at radius 1 is 1.47 bits per heavy atom. The van der Waals surface area contributed by atoms with Crippen LogP contribution in [0.3, 0.4) is 0 Å². The van der Waals surface area contributed by atoms with Gasteiger partial charge in [0, 0.05) is 11.8 Å². The zero-order chi connectivity index (χ0) is 10.8. The second-order valence-electron chi connectivity index (χ2n) is 3.17. The van der Waals surface area contributed by atoms with Gasteiger partial charge in [-0.3, -0.25) is 4.79 Å². The van der Waals surface area contributed by atoms with Crippen LogP contribution >= 0.6 is 15.9 Å². The Morgan fingerprint density at radius 3 is 2.93 bits per heavy atom. The molecule has 0 saturated heterocycles. The van der Waals surface area contributed by atoms with Crippen molar-refractivity contribution in [1.82, 2.24) is 0 Å². The fourth-order valence-corrected chi connectivity index (χ4v) is 1.33. The molecule has 0 aliphatic carbocycles. The van der Waals surface area contributed by atoms with E-state index in [4.69, 9.17) is 9.47 Å². The molecule has 1 aromatic carbocycles. The number of hydrogen-bond donors (Lipinski definition) is 1. The molecule has 5 heteroatoms. The number of halogens is 1. The Morgan fingerprint density at radius 2 is 2.20 bits per heavy atom. The molecule has 0 bridgehead atoms. The van der Waals surface area contributed by atoms with Crippen molar-refractivity contribution in [3.8, 4) is 11.5 Å². The summed E-state index contributed by atoms with van der Waals surface area (Å²) in [7, 11) is 0. The summed E-state index contributed by atoms with van der Waals surface area (Å²) >= 11 is 3.19. The van der Waals surface area contributed by atoms with Crippen LogP contribution in [-0.4, -0.2) is 17.5 Å². The highest BCUT2D eigenvalue weighted by Gasteiger charge is 2.15. The first-order valence-corrected chi connectivity index (χ1v) is 5.43. The number of carbonyl (C=O) groups excluding carboxylic acids is 1. The van der Waals surface area contributed by atoms with Crippen LogP contribution in [0.2, 0.25) is 0 Å². The number of anilines is 1. The zero-order valence-electron chi connectivity index (χ0n) is 8.12. The second-order valence-corrected chi connectivity index (χ2v) is 4.55. The van der Waals surface area contributed by atoms with Gasteiger partial charge in [-0.05, 0) is 19.1 Å². The maximum atomic E-state index is 11.4. The summed E-state index contributed by atoms with van der Waals surface area (Å²) in [6.45, 7) is 2.00. The highest BCUT2D eigenvalue weighted by molar-refractivity contribution is 9.10. The van der Waals surface area contributed by atoms with Gasteiger partial charge in [0.1, 0.15) is 0 Å². The van der Waals surface area contributed by atoms with Crippen molar-refractivity contribution in [3.63, 3.8) is 0 Å². The van der Waals surface area contributed by atoms with Crippen molar-refractivity contribution in [3.05, 3.63) is 18.2 Å². The smallest absolute Gasteiger partial charge is 0.237 e. The lowest BCUT2D eigenvalue weighted by Gasteiger charge is -2.06. The number of amides is 1. The molecule has 1 aliphatic heterocycles. The summed E-state index contributed by atoms with van der Waals surface area (Å²) in [6, 6.07) is 5.30. The molecule has 0 saturated carbocycles. The van der Waals surface area contributed by atoms with E-state index in [0.717, 1.165) is 0 Å². The number of ether oxygens (including phenoxy) is 2. The van der Waals surface area contributed by atoms with Gasteiger partial charge < -0.3 is 14.8 Å². The van der Waals surface area contributed by atoms with Crippen LogP contribution < -0.4 is 14.8 Å². The average molecular weight is 272 g/mol. The monoisotopic (exact) mass is 271 g/mol. The maximum Gasteiger partial charge on any atom is 0.237 e. The minimum Gasteiger partial charge on any atom is -0.454 e. The van der Waals surface area contributed by atoms with Gasteiger partial charge >= 0.3 is 0 Å². The predicted molar refractivity (Wildman–Crippen MR) is 59.6 cm³/mol. The Kier molecular flexibility index (Phi) is 2.81. The van der Waals surface area contributed by atoms with E-state index in [1.807, 2.05) is 0 Å². The van der Waals surface area contributed by atoms with E-state index in [1.165, 1.54) is 0 Å². The van der Waals surface area contributed by atoms with Gasteiger partial charge in [0.15, 0.2) is 11.5 Å². The molecule has 1 unspecified atom stereocenters. The predicted octanol–water partition coefficient (Wildman–Crippen LogP) is 2.14. The van der Waals surface area contributed by atoms with Gasteiger partial charge in [-0.2, -0.15) is 0 Å². The third-order valence-corrected chi connectivity index (χ3v) is 2.42. The number of benzene rings is 1. The van der Waals surface area contributed by atoms with E-state index < -0.39 is 0 Å². The molecule has 0 aromatic heterocycles. The number of hydrogen-bond acceptors (Lipinski definition) is 3. The molecule has 2 rings (SSSR count). The Hall–Kier alpha value is -1.23. The Labute approximate surface area is 95.7 Å². The van der Waals surface area contributed by atoms with Crippen LogP contribution in [0, 0.1) is 0 Å². The lowest BCUT2D eigenvalue weighted by atomic mass is 10.2. The van der Waals surface area contributed by atoms with Crippen molar-refractivity contribution < 1.29 is 14.3 Å². The quantitative estimate of drug-likeness (QED) is 0.839. The minimum atomic E-state index is -0.220. The molecule has 1 amide bonds. The van der Waals surface area contributed by atoms with Gasteiger partial charge in [-0.1, -0.05) is 15.9 Å². The third kappa shape index (κ3) is 2.23. The molecular formula is C10H10BrNO3. The molecule has 1 aromatic rings. The normalized spacial score (nSPS) is 14.8. The summed E-state index contributed by atoms with van der Waals surface area (Å²) in [6.07, 6.45) is 0. The van der Waals surface area contributed by atoms with Gasteiger partial charge in [-0.15, -0.1) is 0 Å². The standard InChI is InChI=1S/C10H10BrNO3/c1-6(11)10(13)12-7-2-3-8-9(4-7)15-5-14-8/h2-4,6H,5H2,1H3,(H,12,13). The van der Waals surface area contributed by atoms with Crippen LogP contribution in [-0.2, 0) is 4.79 Å². The summed E-state index contributed by atoms with van der Waals surface area (Å²) < 4.78 is 10.4. The highest BCUT2D eigenvalue weighted by atomic mass is 79.9. The van der Waals surface area contributed by atoms with Crippen LogP contribution in [0.5, 0.6) is 11.5 Å². The fourth-order valence-electron chi connectivity index (χ4n) is 1.22. The summed E-state index contributed by atoms with van der Waals surface area (Å²) in [4.78, 5) is 11.2. The molecular weight excluding hydrogens is 262 g/mol. The molecule has 1 aliphatic rings. The molecule has 15 heavy (non-hydrogen) atoms. The second kappa shape index (κ2) is 4.10. The third-order valence-electron chi connectivity index (χ3n) is 2.00. The van der Waals surface area contributed by atoms with Crippen molar-refractivity contribution in [2.75, 3.05) is 12.1 Å². The lowest BCUT2D eigenvalue weighted by molar-refractivity contribution is -0.115. The first kappa shape index (κ1) is 10.3. The van der Waals surface area contributed by atoms with Crippen molar-refractivity contribution >= 4 is 27.5 Å². The van der Waals surface area contributed by atoms with Crippen molar-refractivity contribution in [1.29, 1.82) is 0 Å². The van der Waals surface area contributed by atoms with Crippen molar-refractivity contribution in [2.45, 2.75) is 11.8 Å². The van der Waals surface area contributed by atoms with E-state index in [0.29, 0.717) is 17.2 Å². The topological polar surface area (TPSA) is 47.6 Å². The average Bonchev–Trinajstić information content (AvgIpc) is 2.64. The summed E-state index contributed by atoms with van der Waals surface area (Å²) in [5, 5.41) is 2.75. The van der Waals surface area contributed by atoms with E-state index in [2.05, 4.69) is 21.2 Å². The van der Waals surface area contributed by atoms with E-state index in [9.17, 15) is 4.79 Å². The fraction of sp³-hybridized carbons (Fsp3) is 0.300. The number of alkyl halides is 1. The van der Waals surface area contributed by atoms with Gasteiger partial charge in [0.2, 0.25) is 12.7 Å². The van der Waals surface area contributed by atoms with E-state index in [-0.39, 0.29) is 17.5 Å². The lowest BCUT2D eigenvalue weighted by Crippen LogP contribution is -2.19. The molecule has 0 radical (unpaired) electrons. The van der Waals surface area contributed by atoms with Crippen LogP contribution in [0.15, 0.2) is 18.2 Å². The largest absolute Gasteiger partial charge is 0.454 e. The number of nitrogens with one attached hydrogen (secondary N) is 1. The zero-order valence-corrected chi connectivity index (χ0v) is 9.71. The van der Waals surface area contributed by atoms with Crippen LogP contribution in [0.1, 0.15) is 6.92 Å². The summed E-state index contributed by atoms with van der Waals surface area (Å²) in [5.41, 5.74) is 0.704. The van der Waals surface area contributed by atoms with Crippen LogP contribution in [0.25, 0.3) is 0 Å². The van der Waals surface area contributed by atoms with Crippen LogP contribution in [0.4, 0.5) is 5.69 Å². The molecule has 80 valence electrons. The summed E-state index contributed by atoms with van der Waals surface area (Å²) in [5.74, 6) is 1.28. The first-order chi connectivity index (χ1) is 7.16. The van der Waals surface area contributed by atoms with Gasteiger partial charge in [0.25, 0.3) is 0 Å². The highest BCUT2D eigenvalue weighted by Crippen LogP contribution is 2.34. The van der Waals surface area contributed by atoms with Crippen molar-refractivity contribution in [2.24, 2.45) is 0 Å². The maximum absolute atomic E-state index is 11.4. The molecule has 1 N–H and O–H groups in total. The number of carbonyl (C=O) groups is 1. The molecule has 4 nitrogen and oxygen atoms in total. The molecule has 1 heterocycles. The van der Waals surface area contributed by atoms with Gasteiger partial charge in [-0.25, -0.2) is 0 Å². The SMILES string of the molecule is CC(Br)C(=O)Nc1ccc2c(c1)OCO2. The van der Waals surface area contributed by atoms with E-state index in [1.54, 1.807) is 25.1 Å². The van der Waals surface area contributed by atoms with Gasteiger partial charge in [0.05, 0.1) is 4.83 Å². The minimum absolute atomic E-state index is 0.0890. The molecule has 0 spiro atoms. The first-order valence-electron chi connectivity index (χ1n) is 4.51. The van der Waals surface area contributed by atoms with E-state index >= 15 is 0 Å². The number of fused-ring (bicyclic) bond motifs is 1. The number of rotatable bonds is 2. The molecule has 1 atom stereocenters.